The molecule has 3 heterocycles. The Kier molecular flexibility index (Phi) is 3.50. The number of nitrogens with zero attached hydrogens (tertiary/aromatic N) is 4. The van der Waals surface area contributed by atoms with Crippen molar-refractivity contribution in [1.29, 1.82) is 0 Å². The van der Waals surface area contributed by atoms with Gasteiger partial charge in [0.1, 0.15) is 24.1 Å². The molecule has 1 aliphatic heterocycles. The summed E-state index contributed by atoms with van der Waals surface area (Å²) in [5.74, 6) is 0.862. The van der Waals surface area contributed by atoms with Crippen LogP contribution in [0.4, 0.5) is 5.82 Å². The Balaban J connectivity index is 1.97. The van der Waals surface area contributed by atoms with Crippen molar-refractivity contribution in [2.75, 3.05) is 17.7 Å². The summed E-state index contributed by atoms with van der Waals surface area (Å²) in [6, 6.07) is 0. The minimum atomic E-state index is -1.04. The number of ether oxygens (including phenoxy) is 1. The Morgan fingerprint density at radius 1 is 1.35 bits per heavy atom. The molecule has 0 aromatic carbocycles. The van der Waals surface area contributed by atoms with Gasteiger partial charge in [0.2, 0.25) is 0 Å². The molecule has 0 bridgehead atoms. The van der Waals surface area contributed by atoms with E-state index in [2.05, 4.69) is 15.0 Å². The van der Waals surface area contributed by atoms with Gasteiger partial charge >= 0.3 is 0 Å². The van der Waals surface area contributed by atoms with Crippen LogP contribution < -0.4 is 5.73 Å². The molecule has 1 saturated heterocycles. The van der Waals surface area contributed by atoms with Crippen LogP contribution in [0.5, 0.6) is 0 Å². The summed E-state index contributed by atoms with van der Waals surface area (Å²) >= 11 is 1.54. The summed E-state index contributed by atoms with van der Waals surface area (Å²) in [5.41, 5.74) is 6.64. The number of rotatable bonds is 3. The zero-order valence-corrected chi connectivity index (χ0v) is 11.6. The Morgan fingerprint density at radius 2 is 2.15 bits per heavy atom. The zero-order valence-electron chi connectivity index (χ0n) is 10.7. The molecule has 2 aromatic rings. The SMILES string of the molecule is CSC[C@@H]1O[C@@H](n2cnc3c(N)ncnc32)[C@@H](O)[C@@H]1O. The fraction of sp³-hybridized carbons (Fsp3) is 0.545. The standard InChI is InChI=1S/C11H15N5O3S/c1-20-2-5-7(17)8(18)11(19-5)16-4-15-6-9(12)13-3-14-10(6)16/h3-5,7-8,11,17-18H,2H2,1H3,(H2,12,13,14)/t5-,7+,8-,11+/m0/s1. The van der Waals surface area contributed by atoms with Gasteiger partial charge in [-0.15, -0.1) is 0 Å². The number of aliphatic hydroxyl groups excluding tert-OH is 2. The molecule has 0 unspecified atom stereocenters. The lowest BCUT2D eigenvalue weighted by Gasteiger charge is -2.16. The first-order valence-corrected chi connectivity index (χ1v) is 7.46. The van der Waals surface area contributed by atoms with Crippen molar-refractivity contribution >= 4 is 28.7 Å². The van der Waals surface area contributed by atoms with Gasteiger partial charge in [-0.2, -0.15) is 11.8 Å². The van der Waals surface area contributed by atoms with E-state index in [4.69, 9.17) is 10.5 Å². The number of aliphatic hydroxyl groups is 2. The second kappa shape index (κ2) is 5.17. The second-order valence-electron chi connectivity index (χ2n) is 4.58. The highest BCUT2D eigenvalue weighted by Crippen LogP contribution is 2.32. The number of nitrogens with two attached hydrogens (primary N) is 1. The fourth-order valence-electron chi connectivity index (χ4n) is 2.32. The first kappa shape index (κ1) is 13.6. The first-order chi connectivity index (χ1) is 9.63. The van der Waals surface area contributed by atoms with Crippen LogP contribution in [0.25, 0.3) is 11.2 Å². The van der Waals surface area contributed by atoms with Crippen LogP contribution in [0.1, 0.15) is 6.23 Å². The highest BCUT2D eigenvalue weighted by Gasteiger charge is 2.43. The third kappa shape index (κ3) is 2.03. The number of fused-ring (bicyclic) bond motifs is 1. The van der Waals surface area contributed by atoms with Gasteiger partial charge in [-0.1, -0.05) is 0 Å². The molecule has 1 fully saturated rings. The van der Waals surface area contributed by atoms with E-state index in [1.807, 2.05) is 6.26 Å². The van der Waals surface area contributed by atoms with E-state index in [1.54, 1.807) is 16.3 Å². The predicted molar refractivity (Wildman–Crippen MR) is 74.0 cm³/mol. The monoisotopic (exact) mass is 297 g/mol. The molecule has 4 atom stereocenters. The van der Waals surface area contributed by atoms with Crippen LogP contribution in [-0.2, 0) is 4.74 Å². The highest BCUT2D eigenvalue weighted by atomic mass is 32.2. The third-order valence-corrected chi connectivity index (χ3v) is 3.99. The van der Waals surface area contributed by atoms with Crippen molar-refractivity contribution in [2.24, 2.45) is 0 Å². The van der Waals surface area contributed by atoms with E-state index in [-0.39, 0.29) is 5.82 Å². The molecule has 8 nitrogen and oxygen atoms in total. The minimum Gasteiger partial charge on any atom is -0.387 e. The van der Waals surface area contributed by atoms with Crippen LogP contribution in [-0.4, -0.2) is 60.1 Å². The van der Waals surface area contributed by atoms with Gasteiger partial charge in [0, 0.05) is 5.75 Å². The van der Waals surface area contributed by atoms with Crippen molar-refractivity contribution in [3.63, 3.8) is 0 Å². The molecular weight excluding hydrogens is 282 g/mol. The minimum absolute atomic E-state index is 0.266. The van der Waals surface area contributed by atoms with Gasteiger partial charge in [0.05, 0.1) is 12.4 Å². The quantitative estimate of drug-likeness (QED) is 0.686. The lowest BCUT2D eigenvalue weighted by molar-refractivity contribution is -0.0288. The summed E-state index contributed by atoms with van der Waals surface area (Å²) in [6.07, 6.45) is 1.58. The van der Waals surface area contributed by atoms with Gasteiger partial charge in [-0.25, -0.2) is 15.0 Å². The molecule has 4 N–H and O–H groups in total. The molecule has 108 valence electrons. The Hall–Kier alpha value is -1.42. The van der Waals surface area contributed by atoms with Crippen LogP contribution in [0.15, 0.2) is 12.7 Å². The molecule has 3 rings (SSSR count). The van der Waals surface area contributed by atoms with Gasteiger partial charge in [-0.3, -0.25) is 4.57 Å². The van der Waals surface area contributed by atoms with E-state index in [0.29, 0.717) is 16.9 Å². The Morgan fingerprint density at radius 3 is 2.90 bits per heavy atom. The number of aromatic nitrogens is 4. The van der Waals surface area contributed by atoms with Gasteiger partial charge in [0.25, 0.3) is 0 Å². The zero-order chi connectivity index (χ0) is 14.3. The molecule has 2 aromatic heterocycles. The van der Waals surface area contributed by atoms with Crippen LogP contribution in [0.2, 0.25) is 0 Å². The molecule has 20 heavy (non-hydrogen) atoms. The number of thioether (sulfide) groups is 1. The van der Waals surface area contributed by atoms with Gasteiger partial charge in [0.15, 0.2) is 17.7 Å². The van der Waals surface area contributed by atoms with Crippen molar-refractivity contribution in [3.05, 3.63) is 12.7 Å². The van der Waals surface area contributed by atoms with Gasteiger partial charge < -0.3 is 20.7 Å². The van der Waals surface area contributed by atoms with Crippen LogP contribution >= 0.6 is 11.8 Å². The lowest BCUT2D eigenvalue weighted by atomic mass is 10.1. The van der Waals surface area contributed by atoms with Crippen LogP contribution in [0.3, 0.4) is 0 Å². The average molecular weight is 297 g/mol. The first-order valence-electron chi connectivity index (χ1n) is 6.07. The molecule has 0 spiro atoms. The molecule has 9 heteroatoms. The topological polar surface area (TPSA) is 119 Å². The number of anilines is 1. The number of imidazole rings is 1. The summed E-state index contributed by atoms with van der Waals surface area (Å²) in [6.45, 7) is 0. The Labute approximate surface area is 119 Å². The van der Waals surface area contributed by atoms with Crippen LogP contribution in [0, 0.1) is 0 Å². The highest BCUT2D eigenvalue weighted by molar-refractivity contribution is 7.98. The normalized spacial score (nSPS) is 30.1. The van der Waals surface area contributed by atoms with E-state index < -0.39 is 24.5 Å². The van der Waals surface area contributed by atoms with Crippen molar-refractivity contribution in [3.8, 4) is 0 Å². The predicted octanol–water partition coefficient (Wildman–Crippen LogP) is -0.609. The molecular formula is C11H15N5O3S. The van der Waals surface area contributed by atoms with Crippen molar-refractivity contribution in [2.45, 2.75) is 24.5 Å². The van der Waals surface area contributed by atoms with E-state index in [9.17, 15) is 10.2 Å². The molecule has 0 saturated carbocycles. The lowest BCUT2D eigenvalue weighted by Crippen LogP contribution is -2.32. The summed E-state index contributed by atoms with van der Waals surface area (Å²) < 4.78 is 7.29. The number of hydrogen-bond acceptors (Lipinski definition) is 8. The largest absolute Gasteiger partial charge is 0.387 e. The van der Waals surface area contributed by atoms with E-state index >= 15 is 0 Å². The second-order valence-corrected chi connectivity index (χ2v) is 5.50. The maximum Gasteiger partial charge on any atom is 0.167 e. The molecule has 0 radical (unpaired) electrons. The smallest absolute Gasteiger partial charge is 0.167 e. The molecule has 0 amide bonds. The third-order valence-electron chi connectivity index (χ3n) is 3.33. The molecule has 1 aliphatic rings. The number of hydrogen-bond donors (Lipinski definition) is 3. The maximum atomic E-state index is 10.1. The maximum absolute atomic E-state index is 10.1. The molecule has 0 aliphatic carbocycles. The van der Waals surface area contributed by atoms with Crippen molar-refractivity contribution < 1.29 is 14.9 Å². The summed E-state index contributed by atoms with van der Waals surface area (Å²) in [4.78, 5) is 12.1. The van der Waals surface area contributed by atoms with Crippen molar-refractivity contribution in [1.82, 2.24) is 19.5 Å². The van der Waals surface area contributed by atoms with E-state index in [0.717, 1.165) is 0 Å². The van der Waals surface area contributed by atoms with Gasteiger partial charge in [-0.05, 0) is 6.26 Å². The van der Waals surface area contributed by atoms with E-state index in [1.165, 1.54) is 12.7 Å². The summed E-state index contributed by atoms with van der Waals surface area (Å²) in [7, 11) is 0. The summed E-state index contributed by atoms with van der Waals surface area (Å²) in [5, 5.41) is 20.2. The fourth-order valence-corrected chi connectivity index (χ4v) is 2.92. The average Bonchev–Trinajstić information content (AvgIpc) is 2.97. The number of nitrogen functional groups attached to an aromatic ring is 1. The Bertz CT molecular complexity index is 621.